The third-order valence-electron chi connectivity index (χ3n) is 6.73. The predicted octanol–water partition coefficient (Wildman–Crippen LogP) is 6.06. The van der Waals surface area contributed by atoms with Gasteiger partial charge in [0.05, 0.1) is 11.1 Å². The minimum Gasteiger partial charge on any atom is -0.385 e. The van der Waals surface area contributed by atoms with E-state index >= 15 is 0 Å². The van der Waals surface area contributed by atoms with Gasteiger partial charge in [0.1, 0.15) is 0 Å². The number of anilines is 1. The number of alkyl halides is 3. The molecule has 0 saturated heterocycles. The van der Waals surface area contributed by atoms with Gasteiger partial charge in [-0.2, -0.15) is 13.2 Å². The maximum Gasteiger partial charge on any atom is 0.396 e. The molecular formula is C25H29F3N4. The van der Waals surface area contributed by atoms with E-state index in [0.29, 0.717) is 5.92 Å². The number of nitrogens with zero attached hydrogens (tertiary/aromatic N) is 2. The summed E-state index contributed by atoms with van der Waals surface area (Å²) in [5.74, 6) is 0.636. The maximum absolute atomic E-state index is 13.2. The summed E-state index contributed by atoms with van der Waals surface area (Å²) >= 11 is 0. The standard InChI is InChI=1S/C25H29F3N4/c1-5-19(18-6-7-20-16(3)29-11-8-15(2)21(20)12-18)22-13-30-23(32-17(22)4)31-14-24(9-10-24)25(26,27)28/h5-7,12-13,15,29H,3,8-11,14H2,1-2,4H3,(H,30,31,32)/b19-5-. The highest BCUT2D eigenvalue weighted by molar-refractivity contribution is 5.82. The summed E-state index contributed by atoms with van der Waals surface area (Å²) in [7, 11) is 0. The topological polar surface area (TPSA) is 49.8 Å². The van der Waals surface area contributed by atoms with Crippen LogP contribution in [0.5, 0.6) is 0 Å². The first-order valence-corrected chi connectivity index (χ1v) is 11.0. The minimum atomic E-state index is -4.20. The number of rotatable bonds is 5. The molecule has 0 bridgehead atoms. The second kappa shape index (κ2) is 8.26. The van der Waals surface area contributed by atoms with Crippen LogP contribution in [0.2, 0.25) is 0 Å². The molecule has 2 aliphatic rings. The third-order valence-corrected chi connectivity index (χ3v) is 6.73. The van der Waals surface area contributed by atoms with Crippen LogP contribution >= 0.6 is 0 Å². The highest BCUT2D eigenvalue weighted by Crippen LogP contribution is 2.57. The molecular weight excluding hydrogens is 413 g/mol. The van der Waals surface area contributed by atoms with Gasteiger partial charge < -0.3 is 10.6 Å². The van der Waals surface area contributed by atoms with Crippen molar-refractivity contribution in [1.82, 2.24) is 15.3 Å². The van der Waals surface area contributed by atoms with E-state index in [2.05, 4.69) is 52.3 Å². The lowest BCUT2D eigenvalue weighted by atomic mass is 9.88. The number of halogens is 3. The zero-order chi connectivity index (χ0) is 23.1. The minimum absolute atomic E-state index is 0.155. The van der Waals surface area contributed by atoms with Crippen molar-refractivity contribution in [2.24, 2.45) is 5.41 Å². The molecule has 4 rings (SSSR count). The molecule has 1 aromatic heterocycles. The lowest BCUT2D eigenvalue weighted by molar-refractivity contribution is -0.182. The molecule has 0 spiro atoms. The van der Waals surface area contributed by atoms with Crippen molar-refractivity contribution in [1.29, 1.82) is 0 Å². The highest BCUT2D eigenvalue weighted by atomic mass is 19.4. The molecule has 1 aliphatic carbocycles. The van der Waals surface area contributed by atoms with Gasteiger partial charge in [-0.25, -0.2) is 9.97 Å². The van der Waals surface area contributed by atoms with Crippen LogP contribution in [0.4, 0.5) is 19.1 Å². The predicted molar refractivity (Wildman–Crippen MR) is 122 cm³/mol. The molecule has 0 amide bonds. The van der Waals surface area contributed by atoms with Crippen LogP contribution in [-0.2, 0) is 0 Å². The Balaban J connectivity index is 1.58. The van der Waals surface area contributed by atoms with Crippen molar-refractivity contribution >= 4 is 17.2 Å². The van der Waals surface area contributed by atoms with E-state index in [1.54, 1.807) is 6.20 Å². The first-order chi connectivity index (χ1) is 15.1. The largest absolute Gasteiger partial charge is 0.396 e. The fourth-order valence-corrected chi connectivity index (χ4v) is 4.36. The van der Waals surface area contributed by atoms with Gasteiger partial charge in [-0.05, 0) is 55.7 Å². The summed E-state index contributed by atoms with van der Waals surface area (Å²) in [6, 6.07) is 6.38. The van der Waals surface area contributed by atoms with Gasteiger partial charge in [0.15, 0.2) is 0 Å². The average molecular weight is 443 g/mol. The van der Waals surface area contributed by atoms with Crippen LogP contribution in [0.15, 0.2) is 37.1 Å². The molecule has 2 N–H and O–H groups in total. The van der Waals surface area contributed by atoms with Crippen molar-refractivity contribution in [2.75, 3.05) is 18.4 Å². The Morgan fingerprint density at radius 2 is 2.09 bits per heavy atom. The number of hydrogen-bond donors (Lipinski definition) is 2. The van der Waals surface area contributed by atoms with E-state index in [1.807, 2.05) is 19.9 Å². The fraction of sp³-hybridized carbons (Fsp3) is 0.440. The van der Waals surface area contributed by atoms with E-state index in [0.717, 1.165) is 46.6 Å². The molecule has 1 aliphatic heterocycles. The smallest absolute Gasteiger partial charge is 0.385 e. The Labute approximate surface area is 187 Å². The molecule has 7 heteroatoms. The van der Waals surface area contributed by atoms with Crippen molar-refractivity contribution in [3.8, 4) is 0 Å². The summed E-state index contributed by atoms with van der Waals surface area (Å²) in [6.45, 7) is 10.9. The van der Waals surface area contributed by atoms with Crippen molar-refractivity contribution < 1.29 is 13.2 Å². The second-order valence-corrected chi connectivity index (χ2v) is 8.92. The molecule has 2 heterocycles. The zero-order valence-electron chi connectivity index (χ0n) is 18.7. The van der Waals surface area contributed by atoms with E-state index in [9.17, 15) is 13.2 Å². The number of hydrogen-bond acceptors (Lipinski definition) is 4. The van der Waals surface area contributed by atoms with Gasteiger partial charge in [-0.3, -0.25) is 0 Å². The summed E-state index contributed by atoms with van der Waals surface area (Å²) in [5.41, 5.74) is 5.37. The Kier molecular flexibility index (Phi) is 5.77. The molecule has 4 nitrogen and oxygen atoms in total. The van der Waals surface area contributed by atoms with Gasteiger partial charge in [0.25, 0.3) is 0 Å². The van der Waals surface area contributed by atoms with Gasteiger partial charge >= 0.3 is 6.18 Å². The molecule has 170 valence electrons. The van der Waals surface area contributed by atoms with Gasteiger partial charge in [0, 0.05) is 36.1 Å². The molecule has 1 fully saturated rings. The summed E-state index contributed by atoms with van der Waals surface area (Å²) in [4.78, 5) is 8.78. The summed E-state index contributed by atoms with van der Waals surface area (Å²) < 4.78 is 39.5. The zero-order valence-corrected chi connectivity index (χ0v) is 18.7. The first-order valence-electron chi connectivity index (χ1n) is 11.0. The van der Waals surface area contributed by atoms with Crippen LogP contribution in [0.25, 0.3) is 11.3 Å². The molecule has 1 unspecified atom stereocenters. The number of aryl methyl sites for hydroxylation is 1. The number of nitrogens with one attached hydrogen (secondary N) is 2. The second-order valence-electron chi connectivity index (χ2n) is 8.92. The van der Waals surface area contributed by atoms with Crippen LogP contribution in [-0.4, -0.2) is 29.2 Å². The summed E-state index contributed by atoms with van der Waals surface area (Å²) in [6.07, 6.45) is 0.865. The van der Waals surface area contributed by atoms with E-state index < -0.39 is 11.6 Å². The van der Waals surface area contributed by atoms with E-state index in [1.165, 1.54) is 5.56 Å². The Hall–Kier alpha value is -2.83. The van der Waals surface area contributed by atoms with Crippen LogP contribution < -0.4 is 10.6 Å². The van der Waals surface area contributed by atoms with Gasteiger partial charge in [0.2, 0.25) is 5.95 Å². The molecule has 1 aromatic carbocycles. The Bertz CT molecular complexity index is 1070. The van der Waals surface area contributed by atoms with Crippen molar-refractivity contribution in [3.05, 3.63) is 65.0 Å². The lowest BCUT2D eigenvalue weighted by Gasteiger charge is -2.20. The Morgan fingerprint density at radius 3 is 2.72 bits per heavy atom. The monoisotopic (exact) mass is 442 g/mol. The van der Waals surface area contributed by atoms with Crippen molar-refractivity contribution in [2.45, 2.75) is 52.1 Å². The summed E-state index contributed by atoms with van der Waals surface area (Å²) in [5, 5.41) is 6.17. The third kappa shape index (κ3) is 4.12. The quantitative estimate of drug-likeness (QED) is 0.591. The van der Waals surface area contributed by atoms with Crippen LogP contribution in [0, 0.1) is 12.3 Å². The normalized spacial score (nSPS) is 20.2. The number of allylic oxidation sites excluding steroid dienone is 1. The van der Waals surface area contributed by atoms with Gasteiger partial charge in [-0.15, -0.1) is 0 Å². The number of fused-ring (bicyclic) bond motifs is 1. The maximum atomic E-state index is 13.2. The molecule has 1 atom stereocenters. The highest BCUT2D eigenvalue weighted by Gasteiger charge is 2.62. The SMILES string of the molecule is C=C1NCCC(C)c2cc(/C(=C/C)c3cnc(NCC4(C(F)(F)F)CC4)nc3C)ccc21. The van der Waals surface area contributed by atoms with E-state index in [-0.39, 0.29) is 25.3 Å². The lowest BCUT2D eigenvalue weighted by Crippen LogP contribution is -2.31. The molecule has 32 heavy (non-hydrogen) atoms. The Morgan fingerprint density at radius 1 is 1.34 bits per heavy atom. The van der Waals surface area contributed by atoms with Gasteiger partial charge in [-0.1, -0.05) is 37.8 Å². The molecule has 0 radical (unpaired) electrons. The van der Waals surface area contributed by atoms with E-state index in [4.69, 9.17) is 0 Å². The fourth-order valence-electron chi connectivity index (χ4n) is 4.36. The van der Waals surface area contributed by atoms with Crippen LogP contribution in [0.1, 0.15) is 67.0 Å². The molecule has 1 saturated carbocycles. The van der Waals surface area contributed by atoms with Crippen molar-refractivity contribution in [3.63, 3.8) is 0 Å². The number of benzene rings is 1. The first kappa shape index (κ1) is 22.4. The van der Waals surface area contributed by atoms with Crippen LogP contribution in [0.3, 0.4) is 0 Å². The number of aromatic nitrogens is 2. The average Bonchev–Trinajstić information content (AvgIpc) is 3.56. The molecule has 2 aromatic rings.